The number of cyclic esters (lactones) is 1. The second-order valence-electron chi connectivity index (χ2n) is 5.76. The lowest BCUT2D eigenvalue weighted by Crippen LogP contribution is -2.13. The molecule has 122 valence electrons. The van der Waals surface area contributed by atoms with Crippen LogP contribution >= 0.6 is 0 Å². The van der Waals surface area contributed by atoms with Gasteiger partial charge in [-0.05, 0) is 24.0 Å². The number of Topliss-reactive ketones (excluding diaryl/α,β-unsaturated/α-hetero) is 1. The SMILES string of the molecule is O=C(Cc1ccccc1)C1=C(O)C(CCc2ccccc2)OC1=O. The van der Waals surface area contributed by atoms with Crippen molar-refractivity contribution in [3.05, 3.63) is 83.1 Å². The molecular formula is C20H18O4. The third-order valence-electron chi connectivity index (χ3n) is 4.04. The minimum atomic E-state index is -0.743. The summed E-state index contributed by atoms with van der Waals surface area (Å²) in [6.45, 7) is 0. The summed E-state index contributed by atoms with van der Waals surface area (Å²) in [5.41, 5.74) is 1.67. The lowest BCUT2D eigenvalue weighted by molar-refractivity contribution is -0.141. The van der Waals surface area contributed by atoms with E-state index in [2.05, 4.69) is 0 Å². The molecule has 0 saturated carbocycles. The zero-order valence-electron chi connectivity index (χ0n) is 13.1. The zero-order valence-corrected chi connectivity index (χ0v) is 13.1. The molecule has 1 unspecified atom stereocenters. The van der Waals surface area contributed by atoms with Crippen molar-refractivity contribution < 1.29 is 19.4 Å². The highest BCUT2D eigenvalue weighted by atomic mass is 16.6. The first-order valence-electron chi connectivity index (χ1n) is 7.90. The van der Waals surface area contributed by atoms with Gasteiger partial charge in [0, 0.05) is 6.42 Å². The number of hydrogen-bond donors (Lipinski definition) is 1. The molecule has 0 aromatic heterocycles. The maximum absolute atomic E-state index is 12.3. The predicted octanol–water partition coefficient (Wildman–Crippen LogP) is 3.17. The molecular weight excluding hydrogens is 304 g/mol. The van der Waals surface area contributed by atoms with Gasteiger partial charge in [-0.2, -0.15) is 0 Å². The molecule has 1 N–H and O–H groups in total. The van der Waals surface area contributed by atoms with Crippen LogP contribution in [-0.4, -0.2) is 23.0 Å². The van der Waals surface area contributed by atoms with Crippen molar-refractivity contribution in [3.8, 4) is 0 Å². The van der Waals surface area contributed by atoms with Crippen LogP contribution < -0.4 is 0 Å². The monoisotopic (exact) mass is 322 g/mol. The lowest BCUT2D eigenvalue weighted by Gasteiger charge is -2.09. The highest BCUT2D eigenvalue weighted by molar-refractivity contribution is 6.19. The minimum absolute atomic E-state index is 0.0702. The number of aryl methyl sites for hydroxylation is 1. The first-order valence-corrected chi connectivity index (χ1v) is 7.90. The van der Waals surface area contributed by atoms with Gasteiger partial charge in [-0.25, -0.2) is 4.79 Å². The van der Waals surface area contributed by atoms with Gasteiger partial charge in [0.2, 0.25) is 0 Å². The van der Waals surface area contributed by atoms with Crippen molar-refractivity contribution in [3.63, 3.8) is 0 Å². The summed E-state index contributed by atoms with van der Waals surface area (Å²) >= 11 is 0. The van der Waals surface area contributed by atoms with Gasteiger partial charge in [0.05, 0.1) is 0 Å². The van der Waals surface area contributed by atoms with E-state index in [1.807, 2.05) is 60.7 Å². The fraction of sp³-hybridized carbons (Fsp3) is 0.200. The fourth-order valence-electron chi connectivity index (χ4n) is 2.77. The van der Waals surface area contributed by atoms with Gasteiger partial charge < -0.3 is 9.84 Å². The molecule has 1 aliphatic rings. The van der Waals surface area contributed by atoms with Crippen LogP contribution in [0.4, 0.5) is 0 Å². The summed E-state index contributed by atoms with van der Waals surface area (Å²) in [6, 6.07) is 18.9. The van der Waals surface area contributed by atoms with Crippen LogP contribution in [0.2, 0.25) is 0 Å². The number of hydrogen-bond acceptors (Lipinski definition) is 4. The third-order valence-corrected chi connectivity index (χ3v) is 4.04. The molecule has 3 rings (SSSR count). The van der Waals surface area contributed by atoms with Crippen molar-refractivity contribution in [2.75, 3.05) is 0 Å². The molecule has 4 heteroatoms. The largest absolute Gasteiger partial charge is 0.507 e. The number of ketones is 1. The lowest BCUT2D eigenvalue weighted by atomic mass is 10.0. The average Bonchev–Trinajstić information content (AvgIpc) is 2.88. The molecule has 0 spiro atoms. The van der Waals surface area contributed by atoms with E-state index in [0.717, 1.165) is 11.1 Å². The van der Waals surface area contributed by atoms with E-state index < -0.39 is 17.9 Å². The first kappa shape index (κ1) is 16.0. The van der Waals surface area contributed by atoms with Crippen LogP contribution in [0.15, 0.2) is 72.0 Å². The average molecular weight is 322 g/mol. The molecule has 24 heavy (non-hydrogen) atoms. The Hall–Kier alpha value is -2.88. The number of carbonyl (C=O) groups is 2. The minimum Gasteiger partial charge on any atom is -0.507 e. The molecule has 1 atom stereocenters. The van der Waals surface area contributed by atoms with Gasteiger partial charge in [0.25, 0.3) is 0 Å². The summed E-state index contributed by atoms with van der Waals surface area (Å²) in [6.07, 6.45) is 0.431. The quantitative estimate of drug-likeness (QED) is 0.655. The van der Waals surface area contributed by atoms with E-state index in [-0.39, 0.29) is 17.8 Å². The Morgan fingerprint density at radius 2 is 1.54 bits per heavy atom. The number of ether oxygens (including phenoxy) is 1. The summed E-state index contributed by atoms with van der Waals surface area (Å²) in [5, 5.41) is 10.3. The predicted molar refractivity (Wildman–Crippen MR) is 89.5 cm³/mol. The number of esters is 1. The summed E-state index contributed by atoms with van der Waals surface area (Å²) in [5.74, 6) is -1.38. The first-order chi connectivity index (χ1) is 11.6. The molecule has 0 radical (unpaired) electrons. The molecule has 1 heterocycles. The van der Waals surface area contributed by atoms with Gasteiger partial charge in [-0.15, -0.1) is 0 Å². The van der Waals surface area contributed by atoms with Gasteiger partial charge in [-0.3, -0.25) is 4.79 Å². The Kier molecular flexibility index (Phi) is 4.75. The van der Waals surface area contributed by atoms with Crippen LogP contribution in [-0.2, 0) is 27.2 Å². The molecule has 0 saturated heterocycles. The number of carbonyl (C=O) groups excluding carboxylic acids is 2. The molecule has 0 amide bonds. The smallest absolute Gasteiger partial charge is 0.346 e. The van der Waals surface area contributed by atoms with Crippen molar-refractivity contribution in [1.29, 1.82) is 0 Å². The maximum Gasteiger partial charge on any atom is 0.346 e. The van der Waals surface area contributed by atoms with Crippen molar-refractivity contribution in [1.82, 2.24) is 0 Å². The molecule has 0 fully saturated rings. The summed E-state index contributed by atoms with van der Waals surface area (Å²) < 4.78 is 5.18. The summed E-state index contributed by atoms with van der Waals surface area (Å²) in [7, 11) is 0. The van der Waals surface area contributed by atoms with Gasteiger partial charge in [0.1, 0.15) is 5.57 Å². The fourth-order valence-corrected chi connectivity index (χ4v) is 2.77. The number of rotatable bonds is 6. The van der Waals surface area contributed by atoms with Crippen LogP contribution in [0.25, 0.3) is 0 Å². The molecule has 2 aromatic carbocycles. The Balaban J connectivity index is 1.69. The van der Waals surface area contributed by atoms with Crippen LogP contribution in [0.3, 0.4) is 0 Å². The number of aliphatic hydroxyl groups excluding tert-OH is 1. The van der Waals surface area contributed by atoms with E-state index in [0.29, 0.717) is 12.8 Å². The van der Waals surface area contributed by atoms with Gasteiger partial charge >= 0.3 is 5.97 Å². The van der Waals surface area contributed by atoms with Crippen molar-refractivity contribution in [2.24, 2.45) is 0 Å². The van der Waals surface area contributed by atoms with E-state index in [1.165, 1.54) is 0 Å². The van der Waals surface area contributed by atoms with Gasteiger partial charge in [-0.1, -0.05) is 60.7 Å². The maximum atomic E-state index is 12.3. The Morgan fingerprint density at radius 3 is 2.17 bits per heavy atom. The number of benzene rings is 2. The second-order valence-corrected chi connectivity index (χ2v) is 5.76. The highest BCUT2D eigenvalue weighted by Crippen LogP contribution is 2.26. The van der Waals surface area contributed by atoms with E-state index in [9.17, 15) is 14.7 Å². The van der Waals surface area contributed by atoms with Crippen molar-refractivity contribution >= 4 is 11.8 Å². The normalized spacial score (nSPS) is 17.0. The second kappa shape index (κ2) is 7.13. The molecule has 2 aromatic rings. The Labute approximate surface area is 140 Å². The molecule has 0 bridgehead atoms. The van der Waals surface area contributed by atoms with E-state index in [4.69, 9.17) is 4.74 Å². The van der Waals surface area contributed by atoms with Crippen LogP contribution in [0.1, 0.15) is 17.5 Å². The Bertz CT molecular complexity index is 763. The van der Waals surface area contributed by atoms with E-state index >= 15 is 0 Å². The van der Waals surface area contributed by atoms with Crippen molar-refractivity contribution in [2.45, 2.75) is 25.4 Å². The standard InChI is InChI=1S/C20H18O4/c21-16(13-15-9-5-2-6-10-15)18-19(22)17(24-20(18)23)12-11-14-7-3-1-4-8-14/h1-10,17,22H,11-13H2. The van der Waals surface area contributed by atoms with Gasteiger partial charge in [0.15, 0.2) is 17.6 Å². The third kappa shape index (κ3) is 3.54. The zero-order chi connectivity index (χ0) is 16.9. The highest BCUT2D eigenvalue weighted by Gasteiger charge is 2.37. The molecule has 4 nitrogen and oxygen atoms in total. The molecule has 1 aliphatic heterocycles. The molecule has 0 aliphatic carbocycles. The Morgan fingerprint density at radius 1 is 0.958 bits per heavy atom. The topological polar surface area (TPSA) is 63.6 Å². The van der Waals surface area contributed by atoms with E-state index in [1.54, 1.807) is 0 Å². The summed E-state index contributed by atoms with van der Waals surface area (Å²) in [4.78, 5) is 24.3. The van der Waals surface area contributed by atoms with Crippen LogP contribution in [0, 0.1) is 0 Å². The number of aliphatic hydroxyl groups is 1. The van der Waals surface area contributed by atoms with Crippen LogP contribution in [0.5, 0.6) is 0 Å².